The maximum absolute atomic E-state index is 13.5. The van der Waals surface area contributed by atoms with Crippen LogP contribution < -0.4 is 10.1 Å². The first-order valence-electron chi connectivity index (χ1n) is 13.2. The second-order valence-corrected chi connectivity index (χ2v) is 11.4. The summed E-state index contributed by atoms with van der Waals surface area (Å²) in [6.45, 7) is 8.91. The highest BCUT2D eigenvalue weighted by Crippen LogP contribution is 2.41. The molecule has 1 aliphatic carbocycles. The molecule has 5 rings (SSSR count). The third-order valence-corrected chi connectivity index (χ3v) is 8.66. The van der Waals surface area contributed by atoms with E-state index in [-0.39, 0.29) is 5.41 Å². The summed E-state index contributed by atoms with van der Waals surface area (Å²) in [6.07, 6.45) is 3.72. The summed E-state index contributed by atoms with van der Waals surface area (Å²) in [7, 11) is 0. The Bertz CT molecular complexity index is 1510. The minimum Gasteiger partial charge on any atom is -0.494 e. The van der Waals surface area contributed by atoms with Gasteiger partial charge in [-0.3, -0.25) is 15.1 Å². The number of carbonyl (C=O) groups is 2. The Balaban J connectivity index is 1.35. The second-order valence-electron chi connectivity index (χ2n) is 10.4. The van der Waals surface area contributed by atoms with Crippen LogP contribution in [0.15, 0.2) is 42.5 Å². The van der Waals surface area contributed by atoms with E-state index >= 15 is 0 Å². The molecule has 0 saturated carbocycles. The number of hydrogen-bond acceptors (Lipinski definition) is 7. The first-order valence-corrected chi connectivity index (χ1v) is 14.0. The fourth-order valence-electron chi connectivity index (χ4n) is 5.15. The van der Waals surface area contributed by atoms with E-state index in [0.717, 1.165) is 63.8 Å². The van der Waals surface area contributed by atoms with Crippen molar-refractivity contribution in [1.29, 1.82) is 0 Å². The number of nitrogens with zero attached hydrogens (tertiary/aromatic N) is 2. The summed E-state index contributed by atoms with van der Waals surface area (Å²) >= 11 is 1.35. The standard InChI is InChI=1S/C30H33N3O4S/c1-5-30(3,4)18-11-13-23-21(15-18)27(20-9-7-8-10-22(20)31-23)28(35)37-17-26(34)33-29-32-24-14-12-19(36-6-2)16-25(24)38-29/h7-10,12,14,16,18H,5-6,11,13,15,17H2,1-4H3,(H,32,33,34). The van der Waals surface area contributed by atoms with Gasteiger partial charge in [0.15, 0.2) is 11.7 Å². The van der Waals surface area contributed by atoms with Crippen LogP contribution in [0.3, 0.4) is 0 Å². The monoisotopic (exact) mass is 531 g/mol. The summed E-state index contributed by atoms with van der Waals surface area (Å²) in [5.74, 6) is 0.281. The number of aryl methyl sites for hydroxylation is 1. The number of benzene rings is 2. The Morgan fingerprint density at radius 2 is 1.92 bits per heavy atom. The van der Waals surface area contributed by atoms with Gasteiger partial charge < -0.3 is 9.47 Å². The summed E-state index contributed by atoms with van der Waals surface area (Å²) in [4.78, 5) is 35.6. The lowest BCUT2D eigenvalue weighted by Gasteiger charge is -2.37. The van der Waals surface area contributed by atoms with Crippen molar-refractivity contribution < 1.29 is 19.1 Å². The molecule has 0 fully saturated rings. The van der Waals surface area contributed by atoms with Crippen LogP contribution in [-0.4, -0.2) is 35.1 Å². The highest BCUT2D eigenvalue weighted by Gasteiger charge is 2.34. The summed E-state index contributed by atoms with van der Waals surface area (Å²) in [5, 5.41) is 3.98. The number of ether oxygens (including phenoxy) is 2. The molecule has 7 nitrogen and oxygen atoms in total. The molecule has 0 bridgehead atoms. The topological polar surface area (TPSA) is 90.4 Å². The van der Waals surface area contributed by atoms with Crippen LogP contribution in [0.1, 0.15) is 62.2 Å². The molecular weight excluding hydrogens is 498 g/mol. The van der Waals surface area contributed by atoms with Crippen LogP contribution >= 0.6 is 11.3 Å². The normalized spacial score (nSPS) is 15.3. The van der Waals surface area contributed by atoms with Gasteiger partial charge in [0.1, 0.15) is 5.75 Å². The molecule has 38 heavy (non-hydrogen) atoms. The van der Waals surface area contributed by atoms with E-state index in [2.05, 4.69) is 31.1 Å². The van der Waals surface area contributed by atoms with Gasteiger partial charge in [0.2, 0.25) is 0 Å². The molecule has 0 radical (unpaired) electrons. The predicted octanol–water partition coefficient (Wildman–Crippen LogP) is 6.58. The third-order valence-electron chi connectivity index (χ3n) is 7.73. The molecule has 0 spiro atoms. The van der Waals surface area contributed by atoms with Gasteiger partial charge in [-0.05, 0) is 67.3 Å². The number of pyridine rings is 1. The first kappa shape index (κ1) is 26.1. The number of rotatable bonds is 8. The van der Waals surface area contributed by atoms with Crippen molar-refractivity contribution in [3.05, 3.63) is 59.3 Å². The number of carbonyl (C=O) groups excluding carboxylic acids is 2. The van der Waals surface area contributed by atoms with Gasteiger partial charge in [0.05, 0.1) is 27.9 Å². The number of para-hydroxylation sites is 1. The molecule has 8 heteroatoms. The van der Waals surface area contributed by atoms with Crippen LogP contribution in [-0.2, 0) is 22.4 Å². The Hall–Kier alpha value is -3.52. The third kappa shape index (κ3) is 5.23. The van der Waals surface area contributed by atoms with Crippen molar-refractivity contribution in [2.75, 3.05) is 18.5 Å². The van der Waals surface area contributed by atoms with Gasteiger partial charge >= 0.3 is 5.97 Å². The van der Waals surface area contributed by atoms with Gasteiger partial charge in [-0.25, -0.2) is 9.78 Å². The van der Waals surface area contributed by atoms with Gasteiger partial charge in [-0.1, -0.05) is 56.7 Å². The van der Waals surface area contributed by atoms with Crippen LogP contribution in [0.5, 0.6) is 5.75 Å². The summed E-state index contributed by atoms with van der Waals surface area (Å²) < 4.78 is 12.0. The number of aromatic nitrogens is 2. The Morgan fingerprint density at radius 1 is 1.11 bits per heavy atom. The number of hydrogen-bond donors (Lipinski definition) is 1. The largest absolute Gasteiger partial charge is 0.494 e. The molecule has 1 N–H and O–H groups in total. The SMILES string of the molecule is CCOc1ccc2nc(NC(=O)COC(=O)c3c4c(nc5ccccc35)CCC(C(C)(C)CC)C4)sc2c1. The zero-order valence-electron chi connectivity index (χ0n) is 22.3. The average molecular weight is 532 g/mol. The lowest BCUT2D eigenvalue weighted by atomic mass is 9.68. The number of anilines is 1. The lowest BCUT2D eigenvalue weighted by molar-refractivity contribution is -0.119. The average Bonchev–Trinajstić information content (AvgIpc) is 3.31. The zero-order chi connectivity index (χ0) is 26.9. The fourth-order valence-corrected chi connectivity index (χ4v) is 6.06. The molecule has 2 aromatic carbocycles. The number of nitrogens with one attached hydrogen (secondary N) is 1. The van der Waals surface area contributed by atoms with Gasteiger partial charge in [0.25, 0.3) is 5.91 Å². The highest BCUT2D eigenvalue weighted by molar-refractivity contribution is 7.22. The molecule has 2 aromatic heterocycles. The van der Waals surface area contributed by atoms with Crippen molar-refractivity contribution in [1.82, 2.24) is 9.97 Å². The fraction of sp³-hybridized carbons (Fsp3) is 0.400. The van der Waals surface area contributed by atoms with Gasteiger partial charge in [0, 0.05) is 11.1 Å². The number of thiazole rings is 1. The van der Waals surface area contributed by atoms with E-state index in [4.69, 9.17) is 14.5 Å². The Labute approximate surface area is 226 Å². The molecule has 198 valence electrons. The number of esters is 1. The predicted molar refractivity (Wildman–Crippen MR) is 151 cm³/mol. The van der Waals surface area contributed by atoms with Crippen molar-refractivity contribution in [2.45, 2.75) is 53.4 Å². The second kappa shape index (κ2) is 10.7. The lowest BCUT2D eigenvalue weighted by Crippen LogP contribution is -2.31. The maximum Gasteiger partial charge on any atom is 0.339 e. The zero-order valence-corrected chi connectivity index (χ0v) is 23.1. The summed E-state index contributed by atoms with van der Waals surface area (Å²) in [6, 6.07) is 13.3. The summed E-state index contributed by atoms with van der Waals surface area (Å²) in [5.41, 5.74) is 4.16. The molecular formula is C30H33N3O4S. The van der Waals surface area contributed by atoms with Gasteiger partial charge in [-0.15, -0.1) is 0 Å². The van der Waals surface area contributed by atoms with Crippen LogP contribution in [0.4, 0.5) is 5.13 Å². The molecule has 1 unspecified atom stereocenters. The van der Waals surface area contributed by atoms with Crippen molar-refractivity contribution >= 4 is 49.5 Å². The van der Waals surface area contributed by atoms with E-state index in [1.165, 1.54) is 11.3 Å². The molecule has 1 amide bonds. The van der Waals surface area contributed by atoms with E-state index < -0.39 is 18.5 Å². The molecule has 4 aromatic rings. The van der Waals surface area contributed by atoms with Crippen LogP contribution in [0.25, 0.3) is 21.1 Å². The number of amides is 1. The van der Waals surface area contributed by atoms with Crippen molar-refractivity contribution in [3.8, 4) is 5.75 Å². The minimum absolute atomic E-state index is 0.158. The molecule has 0 saturated heterocycles. The van der Waals surface area contributed by atoms with Crippen LogP contribution in [0.2, 0.25) is 0 Å². The Kier molecular flexibility index (Phi) is 7.34. The first-order chi connectivity index (χ1) is 18.3. The van der Waals surface area contributed by atoms with E-state index in [0.29, 0.717) is 23.2 Å². The molecule has 2 heterocycles. The quantitative estimate of drug-likeness (QED) is 0.258. The van der Waals surface area contributed by atoms with E-state index in [9.17, 15) is 9.59 Å². The van der Waals surface area contributed by atoms with Crippen LogP contribution in [0, 0.1) is 11.3 Å². The maximum atomic E-state index is 13.5. The van der Waals surface area contributed by atoms with E-state index in [1.54, 1.807) is 0 Å². The highest BCUT2D eigenvalue weighted by atomic mass is 32.1. The molecule has 1 aliphatic rings. The van der Waals surface area contributed by atoms with Crippen molar-refractivity contribution in [3.63, 3.8) is 0 Å². The minimum atomic E-state index is -0.490. The van der Waals surface area contributed by atoms with E-state index in [1.807, 2.05) is 49.4 Å². The Morgan fingerprint density at radius 3 is 2.71 bits per heavy atom. The smallest absolute Gasteiger partial charge is 0.339 e. The van der Waals surface area contributed by atoms with Crippen molar-refractivity contribution in [2.24, 2.45) is 11.3 Å². The molecule has 1 atom stereocenters. The molecule has 0 aliphatic heterocycles. The number of fused-ring (bicyclic) bond motifs is 3. The van der Waals surface area contributed by atoms with Gasteiger partial charge in [-0.2, -0.15) is 0 Å².